The second kappa shape index (κ2) is 8.98. The van der Waals surface area contributed by atoms with Crippen LogP contribution >= 0.6 is 0 Å². The lowest BCUT2D eigenvalue weighted by Crippen LogP contribution is -2.25. The summed E-state index contributed by atoms with van der Waals surface area (Å²) in [6.45, 7) is 2.28. The van der Waals surface area contributed by atoms with Crippen LogP contribution in [-0.2, 0) is 0 Å². The summed E-state index contributed by atoms with van der Waals surface area (Å²) in [7, 11) is 0. The molecule has 2 fully saturated rings. The van der Waals surface area contributed by atoms with E-state index < -0.39 is 17.5 Å². The van der Waals surface area contributed by atoms with Gasteiger partial charge in [-0.1, -0.05) is 44.4 Å². The zero-order valence-corrected chi connectivity index (χ0v) is 15.7. The van der Waals surface area contributed by atoms with Gasteiger partial charge in [0.05, 0.1) is 0 Å². The molecule has 3 heteroatoms. The quantitative estimate of drug-likeness (QED) is 0.406. The Kier molecular flexibility index (Phi) is 6.68. The molecule has 0 amide bonds. The molecule has 0 saturated heterocycles. The number of rotatable bonds is 3. The van der Waals surface area contributed by atoms with Crippen molar-refractivity contribution < 1.29 is 13.2 Å². The summed E-state index contributed by atoms with van der Waals surface area (Å²) in [5.41, 5.74) is 0.220. The fourth-order valence-corrected chi connectivity index (χ4v) is 4.90. The number of halogens is 3. The summed E-state index contributed by atoms with van der Waals surface area (Å²) >= 11 is 0. The van der Waals surface area contributed by atoms with Gasteiger partial charge in [0.25, 0.3) is 0 Å². The summed E-state index contributed by atoms with van der Waals surface area (Å²) < 4.78 is 39.5. The molecule has 0 unspecified atom stereocenters. The average Bonchev–Trinajstić information content (AvgIpc) is 2.66. The Morgan fingerprint density at radius 3 is 1.92 bits per heavy atom. The van der Waals surface area contributed by atoms with E-state index in [1.54, 1.807) is 0 Å². The van der Waals surface area contributed by atoms with Gasteiger partial charge >= 0.3 is 0 Å². The Morgan fingerprint density at radius 1 is 0.846 bits per heavy atom. The fourth-order valence-electron chi connectivity index (χ4n) is 4.90. The Hall–Kier alpha value is -1.43. The van der Waals surface area contributed by atoms with Crippen molar-refractivity contribution >= 4 is 0 Å². The second-order valence-electron chi connectivity index (χ2n) is 8.20. The van der Waals surface area contributed by atoms with E-state index >= 15 is 0 Å². The third-order valence-corrected chi connectivity index (χ3v) is 6.43. The number of benzene rings is 1. The lowest BCUT2D eigenvalue weighted by Gasteiger charge is -2.37. The van der Waals surface area contributed by atoms with E-state index in [1.807, 2.05) is 0 Å². The molecule has 2 aliphatic carbocycles. The molecule has 26 heavy (non-hydrogen) atoms. The summed E-state index contributed by atoms with van der Waals surface area (Å²) in [6, 6.07) is 1.96. The van der Waals surface area contributed by atoms with Crippen LogP contribution in [0.4, 0.5) is 13.2 Å². The zero-order valence-electron chi connectivity index (χ0n) is 15.7. The third-order valence-electron chi connectivity index (χ3n) is 6.43. The summed E-state index contributed by atoms with van der Waals surface area (Å²) in [5, 5.41) is 0. The van der Waals surface area contributed by atoms with Crippen LogP contribution in [0.25, 0.3) is 0 Å². The van der Waals surface area contributed by atoms with Crippen molar-refractivity contribution in [1.29, 1.82) is 0 Å². The first-order valence-corrected chi connectivity index (χ1v) is 10.2. The highest BCUT2D eigenvalue weighted by molar-refractivity contribution is 5.35. The van der Waals surface area contributed by atoms with Gasteiger partial charge in [-0.15, -0.1) is 0 Å². The van der Waals surface area contributed by atoms with E-state index in [4.69, 9.17) is 0 Å². The van der Waals surface area contributed by atoms with Crippen LogP contribution in [0.15, 0.2) is 12.1 Å². The van der Waals surface area contributed by atoms with Crippen LogP contribution in [0.1, 0.15) is 76.7 Å². The summed E-state index contributed by atoms with van der Waals surface area (Å²) in [5.74, 6) is 5.19. The Bertz CT molecular complexity index is 631. The molecule has 0 atom stereocenters. The van der Waals surface area contributed by atoms with E-state index in [0.717, 1.165) is 42.7 Å². The minimum Gasteiger partial charge on any atom is -0.204 e. The third kappa shape index (κ3) is 4.84. The van der Waals surface area contributed by atoms with Crippen LogP contribution < -0.4 is 0 Å². The van der Waals surface area contributed by atoms with Crippen molar-refractivity contribution in [2.45, 2.75) is 71.1 Å². The molecule has 2 aliphatic rings. The van der Waals surface area contributed by atoms with Gasteiger partial charge in [0, 0.05) is 11.5 Å². The first-order chi connectivity index (χ1) is 12.6. The van der Waals surface area contributed by atoms with Crippen LogP contribution in [0.5, 0.6) is 0 Å². The predicted octanol–water partition coefficient (Wildman–Crippen LogP) is 6.87. The van der Waals surface area contributed by atoms with E-state index in [-0.39, 0.29) is 5.56 Å². The molecule has 142 valence electrons. The van der Waals surface area contributed by atoms with E-state index in [2.05, 4.69) is 18.8 Å². The minimum absolute atomic E-state index is 0.220. The molecule has 0 spiro atoms. The number of hydrogen-bond acceptors (Lipinski definition) is 0. The second-order valence-corrected chi connectivity index (χ2v) is 8.20. The molecular weight excluding hydrogens is 333 g/mol. The smallest absolute Gasteiger partial charge is 0.194 e. The topological polar surface area (TPSA) is 0 Å². The predicted molar refractivity (Wildman–Crippen MR) is 99.0 cm³/mol. The van der Waals surface area contributed by atoms with Crippen molar-refractivity contribution in [3.8, 4) is 11.8 Å². The van der Waals surface area contributed by atoms with Gasteiger partial charge in [-0.05, 0) is 68.4 Å². The van der Waals surface area contributed by atoms with Crippen molar-refractivity contribution in [2.75, 3.05) is 0 Å². The Labute approximate surface area is 155 Å². The molecule has 0 radical (unpaired) electrons. The molecule has 0 heterocycles. The van der Waals surface area contributed by atoms with E-state index in [9.17, 15) is 13.2 Å². The average molecular weight is 362 g/mol. The highest BCUT2D eigenvalue weighted by atomic mass is 19.2. The number of hydrogen-bond donors (Lipinski definition) is 0. The van der Waals surface area contributed by atoms with Crippen molar-refractivity contribution in [3.63, 3.8) is 0 Å². The SMILES string of the molecule is CCCC1CCC(C2CCC(C#Cc3cc(F)c(F)c(F)c3)CC2)CC1. The van der Waals surface area contributed by atoms with Gasteiger partial charge in [0.2, 0.25) is 0 Å². The van der Waals surface area contributed by atoms with Crippen LogP contribution in [0.3, 0.4) is 0 Å². The normalized spacial score (nSPS) is 29.1. The zero-order chi connectivity index (χ0) is 18.5. The van der Waals surface area contributed by atoms with Gasteiger partial charge in [-0.3, -0.25) is 0 Å². The molecular formula is C23H29F3. The highest BCUT2D eigenvalue weighted by Gasteiger charge is 2.30. The van der Waals surface area contributed by atoms with Gasteiger partial charge in [-0.25, -0.2) is 13.2 Å². The molecule has 3 rings (SSSR count). The maximum Gasteiger partial charge on any atom is 0.194 e. The molecule has 0 aliphatic heterocycles. The lowest BCUT2D eigenvalue weighted by molar-refractivity contribution is 0.154. The molecule has 0 nitrogen and oxygen atoms in total. The van der Waals surface area contributed by atoms with Gasteiger partial charge in [-0.2, -0.15) is 0 Å². The Morgan fingerprint density at radius 2 is 1.38 bits per heavy atom. The lowest BCUT2D eigenvalue weighted by atomic mass is 9.69. The van der Waals surface area contributed by atoms with E-state index in [0.29, 0.717) is 5.92 Å². The summed E-state index contributed by atoms with van der Waals surface area (Å²) in [6.07, 6.45) is 12.8. The first-order valence-electron chi connectivity index (χ1n) is 10.2. The van der Waals surface area contributed by atoms with Gasteiger partial charge in [0.1, 0.15) is 0 Å². The Balaban J connectivity index is 1.49. The van der Waals surface area contributed by atoms with Gasteiger partial charge in [0.15, 0.2) is 17.5 Å². The maximum absolute atomic E-state index is 13.3. The maximum atomic E-state index is 13.3. The molecule has 0 N–H and O–H groups in total. The molecule has 2 saturated carbocycles. The highest BCUT2D eigenvalue weighted by Crippen LogP contribution is 2.42. The molecule has 0 bridgehead atoms. The van der Waals surface area contributed by atoms with Crippen LogP contribution in [0, 0.1) is 53.0 Å². The van der Waals surface area contributed by atoms with Gasteiger partial charge < -0.3 is 0 Å². The monoisotopic (exact) mass is 362 g/mol. The van der Waals surface area contributed by atoms with Crippen molar-refractivity contribution in [1.82, 2.24) is 0 Å². The van der Waals surface area contributed by atoms with Crippen molar-refractivity contribution in [3.05, 3.63) is 35.1 Å². The van der Waals surface area contributed by atoms with Crippen LogP contribution in [0.2, 0.25) is 0 Å². The largest absolute Gasteiger partial charge is 0.204 e. The molecule has 1 aromatic carbocycles. The van der Waals surface area contributed by atoms with Crippen LogP contribution in [-0.4, -0.2) is 0 Å². The van der Waals surface area contributed by atoms with Crippen molar-refractivity contribution in [2.24, 2.45) is 23.7 Å². The fraction of sp³-hybridized carbons (Fsp3) is 0.652. The standard InChI is InChI=1S/C23H29F3/c1-2-3-16-6-10-19(11-7-16)20-12-8-17(9-13-20)4-5-18-14-21(24)23(26)22(25)15-18/h14-17,19-20H,2-3,6-13H2,1H3. The minimum atomic E-state index is -1.43. The first kappa shape index (κ1) is 19.3. The molecule has 0 aromatic heterocycles. The summed E-state index contributed by atoms with van der Waals surface area (Å²) in [4.78, 5) is 0. The van der Waals surface area contributed by atoms with E-state index in [1.165, 1.54) is 51.4 Å². The molecule has 1 aromatic rings.